The Balaban J connectivity index is 0.00000120. The molecule has 96 valence electrons. The van der Waals surface area contributed by atoms with Crippen molar-refractivity contribution in [3.05, 3.63) is 35.3 Å². The van der Waals surface area contributed by atoms with Crippen molar-refractivity contribution in [2.75, 3.05) is 0 Å². The lowest BCUT2D eigenvalue weighted by atomic mass is 10.2. The molecule has 2 nitrogen and oxygen atoms in total. The van der Waals surface area contributed by atoms with Crippen molar-refractivity contribution in [2.45, 2.75) is 32.2 Å². The fourth-order valence-corrected chi connectivity index (χ4v) is 3.60. The van der Waals surface area contributed by atoms with Crippen molar-refractivity contribution < 1.29 is 26.7 Å². The second kappa shape index (κ2) is 5.85. The highest BCUT2D eigenvalue weighted by Crippen LogP contribution is 2.34. The molecule has 2 heterocycles. The third-order valence-electron chi connectivity index (χ3n) is 3.29. The first-order chi connectivity index (χ1) is 8.36. The number of hydrogen-bond acceptors (Lipinski definition) is 2. The highest BCUT2D eigenvalue weighted by Gasteiger charge is 2.27. The van der Waals surface area contributed by atoms with E-state index in [0.29, 0.717) is 5.88 Å². The summed E-state index contributed by atoms with van der Waals surface area (Å²) in [6.45, 7) is 0.963. The Morgan fingerprint density at radius 3 is 2.61 bits per heavy atom. The Bertz CT molecular complexity index is 524. The van der Waals surface area contributed by atoms with Crippen LogP contribution in [0.15, 0.2) is 30.3 Å². The maximum atomic E-state index is 10.3. The first-order valence-corrected chi connectivity index (χ1v) is 6.98. The van der Waals surface area contributed by atoms with Crippen molar-refractivity contribution in [3.8, 4) is 16.3 Å². The minimum absolute atomic E-state index is 0. The lowest BCUT2D eigenvalue weighted by Crippen LogP contribution is -3.00. The van der Waals surface area contributed by atoms with E-state index in [1.54, 1.807) is 11.3 Å². The molecule has 0 radical (unpaired) electrons. The van der Waals surface area contributed by atoms with Gasteiger partial charge in [0, 0.05) is 18.4 Å². The Labute approximate surface area is 122 Å². The van der Waals surface area contributed by atoms with E-state index in [-0.39, 0.29) is 17.0 Å². The number of hydrogen-bond donors (Lipinski definition) is 1. The summed E-state index contributed by atoms with van der Waals surface area (Å²) in [5.41, 5.74) is 1.12. The molecule has 0 saturated carbocycles. The van der Waals surface area contributed by atoms with Crippen LogP contribution in [0.25, 0.3) is 10.4 Å². The summed E-state index contributed by atoms with van der Waals surface area (Å²) in [6, 6.07) is 10.2. The zero-order valence-electron chi connectivity index (χ0n) is 10.1. The van der Waals surface area contributed by atoms with Gasteiger partial charge < -0.3 is 22.1 Å². The van der Waals surface area contributed by atoms with Gasteiger partial charge in [0.15, 0.2) is 11.4 Å². The Kier molecular flexibility index (Phi) is 4.40. The molecule has 0 unspecified atom stereocenters. The summed E-state index contributed by atoms with van der Waals surface area (Å²) in [5, 5.41) is 11.6. The van der Waals surface area contributed by atoms with Crippen LogP contribution in [0.4, 0.5) is 0 Å². The van der Waals surface area contributed by atoms with Crippen LogP contribution in [0.2, 0.25) is 0 Å². The predicted molar refractivity (Wildman–Crippen MR) is 69.2 cm³/mol. The van der Waals surface area contributed by atoms with Crippen LogP contribution in [0.5, 0.6) is 5.88 Å². The molecular formula is C14H16BrNOS. The average molecular weight is 326 g/mol. The number of aromatic nitrogens is 1. The molecule has 1 aliphatic heterocycles. The van der Waals surface area contributed by atoms with Crippen LogP contribution in [0.3, 0.4) is 0 Å². The van der Waals surface area contributed by atoms with E-state index in [4.69, 9.17) is 0 Å². The average Bonchev–Trinajstić information content (AvgIpc) is 2.56. The first-order valence-electron chi connectivity index (χ1n) is 6.16. The summed E-state index contributed by atoms with van der Waals surface area (Å²) < 4.78 is 2.10. The molecule has 1 aromatic heterocycles. The van der Waals surface area contributed by atoms with Crippen LogP contribution in [-0.2, 0) is 13.0 Å². The molecule has 0 atom stereocenters. The van der Waals surface area contributed by atoms with Crippen molar-refractivity contribution in [1.29, 1.82) is 0 Å². The fourth-order valence-electron chi connectivity index (χ4n) is 2.38. The fraction of sp³-hybridized carbons (Fsp3) is 0.357. The number of rotatable bonds is 1. The molecule has 1 aromatic carbocycles. The summed E-state index contributed by atoms with van der Waals surface area (Å²) in [7, 11) is 0. The predicted octanol–water partition coefficient (Wildman–Crippen LogP) is 0.139. The van der Waals surface area contributed by atoms with Gasteiger partial charge in [-0.05, 0) is 12.8 Å². The molecule has 0 fully saturated rings. The lowest BCUT2D eigenvalue weighted by Gasteiger charge is -1.95. The molecule has 4 heteroatoms. The van der Waals surface area contributed by atoms with E-state index < -0.39 is 0 Å². The summed E-state index contributed by atoms with van der Waals surface area (Å²) in [4.78, 5) is 1.02. The van der Waals surface area contributed by atoms with E-state index in [0.717, 1.165) is 23.4 Å². The molecule has 3 rings (SSSR count). The van der Waals surface area contributed by atoms with Gasteiger partial charge in [0.1, 0.15) is 0 Å². The van der Waals surface area contributed by atoms with Crippen molar-refractivity contribution in [1.82, 2.24) is 0 Å². The van der Waals surface area contributed by atoms with Gasteiger partial charge >= 0.3 is 5.88 Å². The van der Waals surface area contributed by atoms with E-state index in [9.17, 15) is 5.11 Å². The van der Waals surface area contributed by atoms with Gasteiger partial charge in [-0.25, -0.2) is 0 Å². The van der Waals surface area contributed by atoms with Crippen LogP contribution in [0, 0.1) is 0 Å². The Morgan fingerprint density at radius 2 is 1.83 bits per heavy atom. The molecule has 1 N–H and O–H groups in total. The smallest absolute Gasteiger partial charge is 0.384 e. The third-order valence-corrected chi connectivity index (χ3v) is 4.57. The van der Waals surface area contributed by atoms with Gasteiger partial charge in [-0.2, -0.15) is 4.57 Å². The monoisotopic (exact) mass is 325 g/mol. The standard InChI is InChI=1S/C14H15NOS.BrH/c16-14-13(11-7-3-1-4-8-11)17-12-9-5-2-6-10-15(12)14;/h1,3-4,7-8H,2,5-6,9-10H2;1H. The highest BCUT2D eigenvalue weighted by molar-refractivity contribution is 7.15. The topological polar surface area (TPSA) is 24.1 Å². The molecule has 0 amide bonds. The van der Waals surface area contributed by atoms with E-state index >= 15 is 0 Å². The minimum Gasteiger partial charge on any atom is -1.00 e. The number of thiazole rings is 1. The van der Waals surface area contributed by atoms with Crippen LogP contribution < -0.4 is 21.5 Å². The van der Waals surface area contributed by atoms with Gasteiger partial charge in [0.25, 0.3) is 0 Å². The van der Waals surface area contributed by atoms with Gasteiger partial charge in [-0.1, -0.05) is 41.7 Å². The molecule has 18 heavy (non-hydrogen) atoms. The molecule has 2 aromatic rings. The molecule has 1 aliphatic rings. The molecular weight excluding hydrogens is 310 g/mol. The maximum absolute atomic E-state index is 10.3. The van der Waals surface area contributed by atoms with Crippen LogP contribution >= 0.6 is 11.3 Å². The van der Waals surface area contributed by atoms with Gasteiger partial charge in [0.2, 0.25) is 5.01 Å². The number of fused-ring (bicyclic) bond motifs is 1. The molecule has 0 aliphatic carbocycles. The van der Waals surface area contributed by atoms with Crippen LogP contribution in [-0.4, -0.2) is 5.11 Å². The van der Waals surface area contributed by atoms with Crippen LogP contribution in [0.1, 0.15) is 24.3 Å². The maximum Gasteiger partial charge on any atom is 0.384 e. The van der Waals surface area contributed by atoms with Crippen molar-refractivity contribution in [3.63, 3.8) is 0 Å². The second-order valence-corrected chi connectivity index (χ2v) is 5.56. The SMILES string of the molecule is Oc1c(-c2ccccc2)sc2[n+]1CCCCC2.[Br-]. The number of halogens is 1. The van der Waals surface area contributed by atoms with E-state index in [1.165, 1.54) is 24.3 Å². The number of aromatic hydroxyl groups is 1. The summed E-state index contributed by atoms with van der Waals surface area (Å²) in [6.07, 6.45) is 4.80. The quantitative estimate of drug-likeness (QED) is 0.741. The number of nitrogens with zero attached hydrogens (tertiary/aromatic N) is 1. The minimum atomic E-state index is 0. The zero-order valence-corrected chi connectivity index (χ0v) is 12.5. The molecule has 0 bridgehead atoms. The van der Waals surface area contributed by atoms with Gasteiger partial charge in [-0.15, -0.1) is 0 Å². The van der Waals surface area contributed by atoms with E-state index in [2.05, 4.69) is 16.7 Å². The third kappa shape index (κ3) is 2.45. The second-order valence-electron chi connectivity index (χ2n) is 4.48. The molecule has 0 spiro atoms. The molecule has 0 saturated heterocycles. The lowest BCUT2D eigenvalue weighted by molar-refractivity contribution is -0.703. The summed E-state index contributed by atoms with van der Waals surface area (Å²) >= 11 is 1.74. The largest absolute Gasteiger partial charge is 1.00 e. The zero-order chi connectivity index (χ0) is 11.7. The Hall–Kier alpha value is -0.870. The van der Waals surface area contributed by atoms with Gasteiger partial charge in [-0.3, -0.25) is 0 Å². The normalized spacial score (nSPS) is 14.4. The van der Waals surface area contributed by atoms with Gasteiger partial charge in [0.05, 0.1) is 0 Å². The highest BCUT2D eigenvalue weighted by atomic mass is 79.9. The first kappa shape index (κ1) is 13.6. The Morgan fingerprint density at radius 1 is 1.06 bits per heavy atom. The summed E-state index contributed by atoms with van der Waals surface area (Å²) in [5.74, 6) is 0.457. The van der Waals surface area contributed by atoms with E-state index in [1.807, 2.05) is 18.2 Å². The van der Waals surface area contributed by atoms with Crippen molar-refractivity contribution >= 4 is 11.3 Å². The number of aryl methyl sites for hydroxylation is 1. The van der Waals surface area contributed by atoms with Crippen molar-refractivity contribution in [2.24, 2.45) is 0 Å². The number of benzene rings is 1.